The highest BCUT2D eigenvalue weighted by Gasteiger charge is 2.16. The van der Waals surface area contributed by atoms with Crippen LogP contribution in [0, 0.1) is 0 Å². The Kier molecular flexibility index (Phi) is 4.73. The quantitative estimate of drug-likeness (QED) is 0.526. The summed E-state index contributed by atoms with van der Waals surface area (Å²) in [6.45, 7) is 0. The van der Waals surface area contributed by atoms with Crippen molar-refractivity contribution in [2.75, 3.05) is 5.32 Å². The van der Waals surface area contributed by atoms with Crippen LogP contribution in [-0.2, 0) is 15.6 Å². The molecule has 0 radical (unpaired) electrons. The van der Waals surface area contributed by atoms with Crippen LogP contribution in [0.2, 0.25) is 0 Å². The van der Waals surface area contributed by atoms with Crippen LogP contribution >= 0.6 is 0 Å². The summed E-state index contributed by atoms with van der Waals surface area (Å²) in [5, 5.41) is 8.89. The smallest absolute Gasteiger partial charge is 0.322 e. The van der Waals surface area contributed by atoms with Crippen LogP contribution in [-0.4, -0.2) is 28.9 Å². The monoisotopic (exact) mass is 408 g/mol. The number of hydrogen-bond acceptors (Lipinski definition) is 5. The number of pyridine rings is 1. The Morgan fingerprint density at radius 2 is 1.83 bits per heavy atom. The minimum absolute atomic E-state index is 0.189. The SMILES string of the molecule is O=C(Nc1cccc(CS(=O)(=O)c2ccccc2)c1)c1cccn2c(=O)[nH]nc12. The molecule has 2 aromatic carbocycles. The van der Waals surface area contributed by atoms with Gasteiger partial charge in [0.15, 0.2) is 15.5 Å². The molecule has 4 aromatic rings. The van der Waals surface area contributed by atoms with Crippen molar-refractivity contribution in [3.05, 3.63) is 94.5 Å². The van der Waals surface area contributed by atoms with Gasteiger partial charge in [0.05, 0.1) is 16.2 Å². The van der Waals surface area contributed by atoms with E-state index in [1.165, 1.54) is 10.6 Å². The highest BCUT2D eigenvalue weighted by Crippen LogP contribution is 2.19. The fourth-order valence-corrected chi connectivity index (χ4v) is 4.33. The predicted molar refractivity (Wildman–Crippen MR) is 108 cm³/mol. The first-order valence-electron chi connectivity index (χ1n) is 8.68. The molecule has 1 amide bonds. The molecule has 0 spiro atoms. The number of carbonyl (C=O) groups is 1. The zero-order valence-electron chi connectivity index (χ0n) is 15.1. The van der Waals surface area contributed by atoms with Crippen molar-refractivity contribution in [3.8, 4) is 0 Å². The molecule has 0 saturated carbocycles. The number of sulfone groups is 1. The van der Waals surface area contributed by atoms with Crippen LogP contribution in [0.15, 0.2) is 82.6 Å². The van der Waals surface area contributed by atoms with E-state index in [9.17, 15) is 18.0 Å². The molecule has 0 aliphatic heterocycles. The Bertz CT molecular complexity index is 1360. The lowest BCUT2D eigenvalue weighted by Crippen LogP contribution is -2.15. The standard InChI is InChI=1S/C20H16N4O4S/c25-19(17-10-5-11-24-18(17)22-23-20(24)26)21-15-7-4-6-14(12-15)13-29(27,28)16-8-2-1-3-9-16/h1-12H,13H2,(H,21,25)(H,23,26). The number of nitrogens with one attached hydrogen (secondary N) is 2. The van der Waals surface area contributed by atoms with Gasteiger partial charge in [0.1, 0.15) is 0 Å². The molecule has 0 aliphatic carbocycles. The second-order valence-electron chi connectivity index (χ2n) is 6.37. The van der Waals surface area contributed by atoms with Gasteiger partial charge in [-0.3, -0.25) is 4.79 Å². The first kappa shape index (κ1) is 18.6. The number of hydrogen-bond donors (Lipinski definition) is 2. The Balaban J connectivity index is 1.58. The van der Waals surface area contributed by atoms with Crippen molar-refractivity contribution in [2.24, 2.45) is 0 Å². The molecule has 0 atom stereocenters. The summed E-state index contributed by atoms with van der Waals surface area (Å²) in [5.41, 5.74) is 0.963. The van der Waals surface area contributed by atoms with E-state index in [-0.39, 0.29) is 21.9 Å². The first-order valence-corrected chi connectivity index (χ1v) is 10.3. The first-order chi connectivity index (χ1) is 13.9. The molecule has 2 heterocycles. The summed E-state index contributed by atoms with van der Waals surface area (Å²) in [4.78, 5) is 24.6. The summed E-state index contributed by atoms with van der Waals surface area (Å²) in [5.74, 6) is -0.650. The summed E-state index contributed by atoms with van der Waals surface area (Å²) in [6.07, 6.45) is 1.51. The van der Waals surface area contributed by atoms with Gasteiger partial charge in [-0.15, -0.1) is 0 Å². The van der Waals surface area contributed by atoms with E-state index in [4.69, 9.17) is 0 Å². The van der Waals surface area contributed by atoms with Gasteiger partial charge < -0.3 is 5.32 Å². The molecule has 29 heavy (non-hydrogen) atoms. The van der Waals surface area contributed by atoms with E-state index < -0.39 is 21.4 Å². The largest absolute Gasteiger partial charge is 0.347 e. The minimum Gasteiger partial charge on any atom is -0.322 e. The van der Waals surface area contributed by atoms with Crippen LogP contribution in [0.4, 0.5) is 5.69 Å². The van der Waals surface area contributed by atoms with Crippen LogP contribution in [0.25, 0.3) is 5.65 Å². The lowest BCUT2D eigenvalue weighted by atomic mass is 10.2. The Morgan fingerprint density at radius 1 is 1.03 bits per heavy atom. The van der Waals surface area contributed by atoms with Crippen LogP contribution < -0.4 is 11.0 Å². The third-order valence-corrected chi connectivity index (χ3v) is 6.04. The Labute approximate surface area is 165 Å². The van der Waals surface area contributed by atoms with Gasteiger partial charge in [-0.25, -0.2) is 22.7 Å². The highest BCUT2D eigenvalue weighted by molar-refractivity contribution is 7.90. The zero-order valence-corrected chi connectivity index (χ0v) is 15.9. The van der Waals surface area contributed by atoms with E-state index in [1.807, 2.05) is 0 Å². The number of amides is 1. The van der Waals surface area contributed by atoms with Crippen molar-refractivity contribution >= 4 is 27.1 Å². The Hall–Kier alpha value is -3.72. The lowest BCUT2D eigenvalue weighted by molar-refractivity contribution is 0.102. The van der Waals surface area contributed by atoms with E-state index in [0.717, 1.165) is 0 Å². The number of aromatic amines is 1. The number of fused-ring (bicyclic) bond motifs is 1. The maximum absolute atomic E-state index is 12.7. The number of H-pyrrole nitrogens is 1. The topological polar surface area (TPSA) is 113 Å². The number of benzene rings is 2. The summed E-state index contributed by atoms with van der Waals surface area (Å²) in [6, 6.07) is 17.9. The van der Waals surface area contributed by atoms with Gasteiger partial charge in [-0.05, 0) is 42.0 Å². The molecule has 0 saturated heterocycles. The van der Waals surface area contributed by atoms with E-state index in [0.29, 0.717) is 11.3 Å². The normalized spacial score (nSPS) is 11.4. The molecular formula is C20H16N4O4S. The molecule has 0 fully saturated rings. The maximum Gasteiger partial charge on any atom is 0.347 e. The van der Waals surface area contributed by atoms with Gasteiger partial charge in [0.25, 0.3) is 5.91 Å². The predicted octanol–water partition coefficient (Wildman–Crippen LogP) is 2.25. The molecule has 0 unspecified atom stereocenters. The van der Waals surface area contributed by atoms with Gasteiger partial charge in [-0.1, -0.05) is 30.3 Å². The zero-order chi connectivity index (χ0) is 20.4. The van der Waals surface area contributed by atoms with Crippen molar-refractivity contribution in [1.29, 1.82) is 0 Å². The van der Waals surface area contributed by atoms with Crippen molar-refractivity contribution in [2.45, 2.75) is 10.6 Å². The van der Waals surface area contributed by atoms with Crippen LogP contribution in [0.3, 0.4) is 0 Å². The van der Waals surface area contributed by atoms with E-state index in [1.54, 1.807) is 66.7 Å². The van der Waals surface area contributed by atoms with Crippen molar-refractivity contribution in [1.82, 2.24) is 14.6 Å². The maximum atomic E-state index is 12.7. The number of carbonyl (C=O) groups excluding carboxylic acids is 1. The second kappa shape index (κ2) is 7.36. The summed E-state index contributed by atoms with van der Waals surface area (Å²) < 4.78 is 26.4. The number of rotatable bonds is 5. The molecule has 8 nitrogen and oxygen atoms in total. The van der Waals surface area contributed by atoms with E-state index >= 15 is 0 Å². The van der Waals surface area contributed by atoms with Gasteiger partial charge >= 0.3 is 5.69 Å². The number of anilines is 1. The highest BCUT2D eigenvalue weighted by atomic mass is 32.2. The third kappa shape index (κ3) is 3.81. The number of aromatic nitrogens is 3. The molecule has 0 aliphatic rings. The van der Waals surface area contributed by atoms with E-state index in [2.05, 4.69) is 15.5 Å². The average Bonchev–Trinajstić information content (AvgIpc) is 3.10. The molecule has 9 heteroatoms. The van der Waals surface area contributed by atoms with Crippen molar-refractivity contribution in [3.63, 3.8) is 0 Å². The fraction of sp³-hybridized carbons (Fsp3) is 0.0500. The van der Waals surface area contributed by atoms with Crippen molar-refractivity contribution < 1.29 is 13.2 Å². The molecule has 4 rings (SSSR count). The molecule has 146 valence electrons. The van der Waals surface area contributed by atoms with Gasteiger partial charge in [-0.2, -0.15) is 5.10 Å². The number of nitrogens with zero attached hydrogens (tertiary/aromatic N) is 2. The fourth-order valence-electron chi connectivity index (χ4n) is 2.98. The summed E-state index contributed by atoms with van der Waals surface area (Å²) in [7, 11) is -3.50. The minimum atomic E-state index is -3.50. The average molecular weight is 408 g/mol. The molecule has 2 N–H and O–H groups in total. The van der Waals surface area contributed by atoms with Crippen LogP contribution in [0.1, 0.15) is 15.9 Å². The van der Waals surface area contributed by atoms with Gasteiger partial charge in [0, 0.05) is 11.9 Å². The van der Waals surface area contributed by atoms with Gasteiger partial charge in [0.2, 0.25) is 0 Å². The Morgan fingerprint density at radius 3 is 2.62 bits per heavy atom. The third-order valence-electron chi connectivity index (χ3n) is 4.33. The second-order valence-corrected chi connectivity index (χ2v) is 8.36. The van der Waals surface area contributed by atoms with Crippen LogP contribution in [0.5, 0.6) is 0 Å². The summed E-state index contributed by atoms with van der Waals surface area (Å²) >= 11 is 0. The lowest BCUT2D eigenvalue weighted by Gasteiger charge is -2.09. The molecule has 0 bridgehead atoms. The molecule has 2 aromatic heterocycles. The molecular weight excluding hydrogens is 392 g/mol.